The Labute approximate surface area is 165 Å². The number of ketones is 1. The van der Waals surface area contributed by atoms with Crippen LogP contribution in [-0.4, -0.2) is 49.2 Å². The number of benzene rings is 1. The maximum Gasteiger partial charge on any atom is 0.267 e. The molecule has 28 heavy (non-hydrogen) atoms. The van der Waals surface area contributed by atoms with Gasteiger partial charge in [-0.1, -0.05) is 38.1 Å². The third-order valence-electron chi connectivity index (χ3n) is 4.23. The molecule has 0 spiro atoms. The molecule has 1 saturated heterocycles. The van der Waals surface area contributed by atoms with Gasteiger partial charge in [0, 0.05) is 17.1 Å². The topological polar surface area (TPSA) is 97.2 Å². The van der Waals surface area contributed by atoms with Crippen molar-refractivity contribution in [2.75, 3.05) is 19.8 Å². The van der Waals surface area contributed by atoms with Crippen molar-refractivity contribution in [1.29, 1.82) is 0 Å². The number of hydroxylamine groups is 1. The van der Waals surface area contributed by atoms with Crippen molar-refractivity contribution in [2.45, 2.75) is 39.4 Å². The van der Waals surface area contributed by atoms with Gasteiger partial charge in [-0.25, -0.2) is 5.48 Å². The first-order valence-corrected chi connectivity index (χ1v) is 9.36. The minimum absolute atomic E-state index is 0.0685. The lowest BCUT2D eigenvalue weighted by molar-refractivity contribution is -0.223. The summed E-state index contributed by atoms with van der Waals surface area (Å²) in [6, 6.07) is 6.83. The molecule has 1 amide bonds. The van der Waals surface area contributed by atoms with Crippen LogP contribution in [0, 0.1) is 5.41 Å². The highest BCUT2D eigenvalue weighted by atomic mass is 16.7. The second-order valence-corrected chi connectivity index (χ2v) is 7.52. The fourth-order valence-electron chi connectivity index (χ4n) is 2.59. The van der Waals surface area contributed by atoms with Crippen LogP contribution in [0.3, 0.4) is 0 Å². The number of rotatable bonds is 9. The molecule has 1 fully saturated rings. The van der Waals surface area contributed by atoms with Gasteiger partial charge in [0.1, 0.15) is 6.54 Å². The summed E-state index contributed by atoms with van der Waals surface area (Å²) < 4.78 is 11.4. The molecule has 7 heteroatoms. The van der Waals surface area contributed by atoms with Gasteiger partial charge in [0.05, 0.1) is 13.2 Å². The van der Waals surface area contributed by atoms with E-state index in [1.54, 1.807) is 36.6 Å². The van der Waals surface area contributed by atoms with Crippen LogP contribution >= 0.6 is 0 Å². The molecule has 1 aliphatic heterocycles. The van der Waals surface area contributed by atoms with E-state index in [4.69, 9.17) is 14.7 Å². The maximum absolute atomic E-state index is 12.1. The van der Waals surface area contributed by atoms with E-state index in [1.807, 2.05) is 0 Å². The van der Waals surface area contributed by atoms with Crippen molar-refractivity contribution < 1.29 is 24.3 Å². The Kier molecular flexibility index (Phi) is 8.50. The Hall–Kier alpha value is -2.35. The average Bonchev–Trinajstić information content (AvgIpc) is 2.70. The third kappa shape index (κ3) is 7.72. The minimum atomic E-state index is -0.611. The summed E-state index contributed by atoms with van der Waals surface area (Å²) in [4.78, 5) is 27.3. The Balaban J connectivity index is 1.66. The van der Waals surface area contributed by atoms with Crippen molar-refractivity contribution >= 4 is 24.0 Å². The molecule has 152 valence electrons. The molecule has 0 unspecified atom stereocenters. The first-order chi connectivity index (χ1) is 13.4. The molecule has 7 nitrogen and oxygen atoms in total. The van der Waals surface area contributed by atoms with Crippen molar-refractivity contribution in [3.63, 3.8) is 0 Å². The predicted molar refractivity (Wildman–Crippen MR) is 106 cm³/mol. The van der Waals surface area contributed by atoms with Gasteiger partial charge >= 0.3 is 0 Å². The zero-order valence-electron chi connectivity index (χ0n) is 16.4. The molecule has 0 atom stereocenters. The largest absolute Gasteiger partial charge is 0.352 e. The second kappa shape index (κ2) is 10.8. The number of carbonyl (C=O) groups is 2. The summed E-state index contributed by atoms with van der Waals surface area (Å²) in [6.45, 7) is 5.76. The van der Waals surface area contributed by atoms with Crippen LogP contribution in [0.2, 0.25) is 0 Å². The van der Waals surface area contributed by atoms with E-state index < -0.39 is 5.91 Å². The Morgan fingerprint density at radius 1 is 1.25 bits per heavy atom. The van der Waals surface area contributed by atoms with Gasteiger partial charge in [0.25, 0.3) is 5.91 Å². The highest BCUT2D eigenvalue weighted by molar-refractivity contribution is 5.98. The molecule has 0 bridgehead atoms. The van der Waals surface area contributed by atoms with Gasteiger partial charge in [-0.2, -0.15) is 0 Å². The lowest BCUT2D eigenvalue weighted by Gasteiger charge is -2.34. The third-order valence-corrected chi connectivity index (χ3v) is 4.23. The standard InChI is InChI=1S/C21H28N2O5/c1-21(2)14-27-20(28-15-21)5-3-4-12-22-13-18(24)17-9-6-16(7-10-17)8-11-19(25)23-26/h6-12,20,26H,3-5,13-15H2,1-2H3,(H,23,25)/b11-8+,22-12?. The van der Waals surface area contributed by atoms with E-state index >= 15 is 0 Å². The monoisotopic (exact) mass is 388 g/mol. The SMILES string of the molecule is CC1(C)COC(CCCC=NCC(=O)c2ccc(/C=C/C(=O)NO)cc2)OC1. The van der Waals surface area contributed by atoms with E-state index in [0.29, 0.717) is 18.8 Å². The van der Waals surface area contributed by atoms with Crippen molar-refractivity contribution in [1.82, 2.24) is 5.48 Å². The Bertz CT molecular complexity index is 700. The summed E-state index contributed by atoms with van der Waals surface area (Å²) >= 11 is 0. The average molecular weight is 388 g/mol. The second-order valence-electron chi connectivity index (χ2n) is 7.52. The molecular weight excluding hydrogens is 360 g/mol. The normalized spacial score (nSPS) is 17.2. The fraction of sp³-hybridized carbons (Fsp3) is 0.476. The van der Waals surface area contributed by atoms with Crippen LogP contribution in [0.5, 0.6) is 0 Å². The lowest BCUT2D eigenvalue weighted by atomic mass is 9.95. The minimum Gasteiger partial charge on any atom is -0.352 e. The fourth-order valence-corrected chi connectivity index (χ4v) is 2.59. The summed E-state index contributed by atoms with van der Waals surface area (Å²) in [5.41, 5.74) is 2.91. The molecule has 0 saturated carbocycles. The Morgan fingerprint density at radius 2 is 1.93 bits per heavy atom. The molecule has 0 aromatic heterocycles. The van der Waals surface area contributed by atoms with Crippen LogP contribution in [0.15, 0.2) is 35.3 Å². The molecule has 2 N–H and O–H groups in total. The highest BCUT2D eigenvalue weighted by Crippen LogP contribution is 2.24. The zero-order chi connectivity index (χ0) is 20.4. The summed E-state index contributed by atoms with van der Waals surface area (Å²) in [6.07, 6.45) is 6.86. The highest BCUT2D eigenvalue weighted by Gasteiger charge is 2.27. The number of hydrogen-bond donors (Lipinski definition) is 2. The quantitative estimate of drug-likeness (QED) is 0.169. The van der Waals surface area contributed by atoms with Crippen LogP contribution in [-0.2, 0) is 14.3 Å². The van der Waals surface area contributed by atoms with Crippen LogP contribution in [0.25, 0.3) is 6.08 Å². The molecule has 2 rings (SSSR count). The van der Waals surface area contributed by atoms with E-state index in [0.717, 1.165) is 24.8 Å². The molecule has 1 aromatic rings. The number of carbonyl (C=O) groups excluding carboxylic acids is 2. The van der Waals surface area contributed by atoms with Gasteiger partial charge in [-0.3, -0.25) is 19.8 Å². The summed E-state index contributed by atoms with van der Waals surface area (Å²) in [5, 5.41) is 8.43. The van der Waals surface area contributed by atoms with Gasteiger partial charge in [-0.05, 0) is 37.1 Å². The van der Waals surface area contributed by atoms with Crippen molar-refractivity contribution in [2.24, 2.45) is 10.4 Å². The molecular formula is C21H28N2O5. The molecule has 0 radical (unpaired) electrons. The number of aliphatic imine (C=N–C) groups is 1. The van der Waals surface area contributed by atoms with Crippen molar-refractivity contribution in [3.05, 3.63) is 41.5 Å². The number of amides is 1. The lowest BCUT2D eigenvalue weighted by Crippen LogP contribution is -2.37. The first-order valence-electron chi connectivity index (χ1n) is 9.36. The van der Waals surface area contributed by atoms with E-state index in [9.17, 15) is 9.59 Å². The van der Waals surface area contributed by atoms with Crippen LogP contribution < -0.4 is 5.48 Å². The molecule has 0 aliphatic carbocycles. The number of hydrogen-bond acceptors (Lipinski definition) is 6. The van der Waals surface area contributed by atoms with Gasteiger partial charge in [0.2, 0.25) is 0 Å². The molecule has 1 aliphatic rings. The zero-order valence-corrected chi connectivity index (χ0v) is 16.4. The number of ether oxygens (including phenoxy) is 2. The first kappa shape index (κ1) is 21.9. The Morgan fingerprint density at radius 3 is 2.57 bits per heavy atom. The van der Waals surface area contributed by atoms with Crippen LogP contribution in [0.4, 0.5) is 0 Å². The molecule has 1 aromatic carbocycles. The number of nitrogens with one attached hydrogen (secondary N) is 1. The number of unbranched alkanes of at least 4 members (excludes halogenated alkanes) is 1. The van der Waals surface area contributed by atoms with E-state index in [2.05, 4.69) is 18.8 Å². The van der Waals surface area contributed by atoms with E-state index in [1.165, 1.54) is 11.6 Å². The summed E-state index contributed by atoms with van der Waals surface area (Å²) in [7, 11) is 0. The van der Waals surface area contributed by atoms with Gasteiger partial charge in [-0.15, -0.1) is 0 Å². The summed E-state index contributed by atoms with van der Waals surface area (Å²) in [5.74, 6) is -0.680. The van der Waals surface area contributed by atoms with Gasteiger partial charge < -0.3 is 9.47 Å². The maximum atomic E-state index is 12.1. The van der Waals surface area contributed by atoms with Crippen molar-refractivity contribution in [3.8, 4) is 0 Å². The van der Waals surface area contributed by atoms with E-state index in [-0.39, 0.29) is 24.0 Å². The van der Waals surface area contributed by atoms with Gasteiger partial charge in [0.15, 0.2) is 12.1 Å². The smallest absolute Gasteiger partial charge is 0.267 e. The number of Topliss-reactive ketones (excluding diaryl/α,β-unsaturated/α-hetero) is 1. The predicted octanol–water partition coefficient (Wildman–Crippen LogP) is 3.03. The molecule has 1 heterocycles. The number of nitrogens with zero attached hydrogens (tertiary/aromatic N) is 1. The van der Waals surface area contributed by atoms with Crippen LogP contribution in [0.1, 0.15) is 49.0 Å².